The number of unbranched alkanes of at least 4 members (excludes halogenated alkanes) is 1. The normalized spacial score (nSPS) is 10.8. The average Bonchev–Trinajstić information content (AvgIpc) is 2.54. The lowest BCUT2D eigenvalue weighted by molar-refractivity contribution is 0.0983. The molecule has 0 radical (unpaired) electrons. The van der Waals surface area contributed by atoms with Crippen molar-refractivity contribution in [3.63, 3.8) is 0 Å². The molecule has 0 aliphatic heterocycles. The molecule has 0 fully saturated rings. The predicted molar refractivity (Wildman–Crippen MR) is 88.3 cm³/mol. The molecule has 3 aromatic rings. The maximum absolute atomic E-state index is 11.8. The predicted octanol–water partition coefficient (Wildman–Crippen LogP) is 5.31. The summed E-state index contributed by atoms with van der Waals surface area (Å²) in [5.41, 5.74) is 0. The second-order valence-electron chi connectivity index (χ2n) is 5.23. The van der Waals surface area contributed by atoms with Crippen LogP contribution in [-0.2, 0) is 4.74 Å². The number of hydrogen-bond acceptors (Lipinski definition) is 3. The largest absolute Gasteiger partial charge is 0.513 e. The minimum absolute atomic E-state index is 0.392. The van der Waals surface area contributed by atoms with Crippen LogP contribution >= 0.6 is 0 Å². The molecule has 22 heavy (non-hydrogen) atoms. The minimum atomic E-state index is -0.644. The Labute approximate surface area is 129 Å². The molecule has 0 saturated carbocycles. The zero-order chi connectivity index (χ0) is 15.4. The Balaban J connectivity index is 1.92. The molecular formula is C19H18O3. The zero-order valence-electron chi connectivity index (χ0n) is 12.5. The van der Waals surface area contributed by atoms with Crippen LogP contribution < -0.4 is 4.74 Å². The first-order valence-electron chi connectivity index (χ1n) is 7.54. The van der Waals surface area contributed by atoms with Crippen LogP contribution in [0.4, 0.5) is 4.79 Å². The van der Waals surface area contributed by atoms with Crippen molar-refractivity contribution in [2.75, 3.05) is 6.61 Å². The number of ether oxygens (including phenoxy) is 2. The summed E-state index contributed by atoms with van der Waals surface area (Å²) in [4.78, 5) is 11.8. The fourth-order valence-corrected chi connectivity index (χ4v) is 2.45. The van der Waals surface area contributed by atoms with Gasteiger partial charge in [0.2, 0.25) is 0 Å². The van der Waals surface area contributed by atoms with Gasteiger partial charge in [0, 0.05) is 5.39 Å². The number of carbonyl (C=O) groups is 1. The van der Waals surface area contributed by atoms with Gasteiger partial charge >= 0.3 is 6.16 Å². The molecule has 0 aliphatic rings. The third kappa shape index (κ3) is 3.03. The molecule has 0 N–H and O–H groups in total. The SMILES string of the molecule is CCCCOC(=O)Oc1cccc2cc3ccccc3cc12. The smallest absolute Gasteiger partial charge is 0.434 e. The Morgan fingerprint density at radius 1 is 0.955 bits per heavy atom. The lowest BCUT2D eigenvalue weighted by atomic mass is 10.0. The maximum Gasteiger partial charge on any atom is 0.513 e. The molecule has 0 amide bonds. The van der Waals surface area contributed by atoms with E-state index in [2.05, 4.69) is 12.1 Å². The van der Waals surface area contributed by atoms with Crippen LogP contribution in [0.1, 0.15) is 19.8 Å². The lowest BCUT2D eigenvalue weighted by Gasteiger charge is -2.09. The van der Waals surface area contributed by atoms with E-state index < -0.39 is 6.16 Å². The molecule has 0 atom stereocenters. The van der Waals surface area contributed by atoms with Crippen LogP contribution in [0, 0.1) is 0 Å². The van der Waals surface area contributed by atoms with Gasteiger partial charge < -0.3 is 9.47 Å². The Morgan fingerprint density at radius 2 is 1.68 bits per heavy atom. The quantitative estimate of drug-likeness (QED) is 0.283. The van der Waals surface area contributed by atoms with Crippen LogP contribution in [0.3, 0.4) is 0 Å². The van der Waals surface area contributed by atoms with Crippen molar-refractivity contribution >= 4 is 27.7 Å². The molecular weight excluding hydrogens is 276 g/mol. The first kappa shape index (κ1) is 14.4. The lowest BCUT2D eigenvalue weighted by Crippen LogP contribution is -2.11. The Bertz CT molecular complexity index is 808. The molecule has 0 saturated heterocycles. The third-order valence-electron chi connectivity index (χ3n) is 3.62. The van der Waals surface area contributed by atoms with E-state index in [9.17, 15) is 4.79 Å². The van der Waals surface area contributed by atoms with Crippen LogP contribution in [0.2, 0.25) is 0 Å². The van der Waals surface area contributed by atoms with E-state index in [4.69, 9.17) is 9.47 Å². The summed E-state index contributed by atoms with van der Waals surface area (Å²) >= 11 is 0. The molecule has 0 aromatic heterocycles. The average molecular weight is 294 g/mol. The third-order valence-corrected chi connectivity index (χ3v) is 3.62. The van der Waals surface area contributed by atoms with Gasteiger partial charge in [-0.2, -0.15) is 0 Å². The van der Waals surface area contributed by atoms with Crippen molar-refractivity contribution in [1.82, 2.24) is 0 Å². The van der Waals surface area contributed by atoms with Crippen molar-refractivity contribution in [3.8, 4) is 5.75 Å². The van der Waals surface area contributed by atoms with E-state index in [1.165, 1.54) is 0 Å². The van der Waals surface area contributed by atoms with Crippen LogP contribution in [0.5, 0.6) is 5.75 Å². The number of hydrogen-bond donors (Lipinski definition) is 0. The van der Waals surface area contributed by atoms with E-state index in [1.807, 2.05) is 43.3 Å². The minimum Gasteiger partial charge on any atom is -0.434 e. The second kappa shape index (κ2) is 6.48. The Hall–Kier alpha value is -2.55. The first-order chi connectivity index (χ1) is 10.8. The van der Waals surface area contributed by atoms with Crippen LogP contribution in [0.25, 0.3) is 21.5 Å². The molecule has 0 aliphatic carbocycles. The highest BCUT2D eigenvalue weighted by molar-refractivity contribution is 6.01. The van der Waals surface area contributed by atoms with Gasteiger partial charge in [-0.25, -0.2) is 4.79 Å². The summed E-state index contributed by atoms with van der Waals surface area (Å²) in [6, 6.07) is 17.9. The van der Waals surface area contributed by atoms with Crippen LogP contribution in [-0.4, -0.2) is 12.8 Å². The van der Waals surface area contributed by atoms with Gasteiger partial charge in [0.15, 0.2) is 0 Å². The van der Waals surface area contributed by atoms with Crippen molar-refractivity contribution < 1.29 is 14.3 Å². The standard InChI is InChI=1S/C19H18O3/c1-2-3-11-21-19(20)22-18-10-6-9-16-12-14-7-4-5-8-15(14)13-17(16)18/h4-10,12-13H,2-3,11H2,1H3. The van der Waals surface area contributed by atoms with E-state index in [0.29, 0.717) is 12.4 Å². The molecule has 3 nitrogen and oxygen atoms in total. The number of carbonyl (C=O) groups excluding carboxylic acids is 1. The van der Waals surface area contributed by atoms with Gasteiger partial charge in [0.1, 0.15) is 5.75 Å². The highest BCUT2D eigenvalue weighted by atomic mass is 16.7. The van der Waals surface area contributed by atoms with Gasteiger partial charge in [-0.3, -0.25) is 0 Å². The van der Waals surface area contributed by atoms with Crippen LogP contribution in [0.15, 0.2) is 54.6 Å². The van der Waals surface area contributed by atoms with E-state index in [1.54, 1.807) is 6.07 Å². The molecule has 3 aromatic carbocycles. The highest BCUT2D eigenvalue weighted by Crippen LogP contribution is 2.30. The Morgan fingerprint density at radius 3 is 2.45 bits per heavy atom. The molecule has 112 valence electrons. The second-order valence-corrected chi connectivity index (χ2v) is 5.23. The van der Waals surface area contributed by atoms with E-state index in [0.717, 1.165) is 34.4 Å². The van der Waals surface area contributed by atoms with Crippen molar-refractivity contribution in [1.29, 1.82) is 0 Å². The molecule has 0 spiro atoms. The summed E-state index contributed by atoms with van der Waals surface area (Å²) in [5, 5.41) is 4.23. The van der Waals surface area contributed by atoms with Gasteiger partial charge in [-0.05, 0) is 40.8 Å². The molecule has 0 heterocycles. The maximum atomic E-state index is 11.8. The molecule has 3 rings (SSSR count). The highest BCUT2D eigenvalue weighted by Gasteiger charge is 2.10. The van der Waals surface area contributed by atoms with Gasteiger partial charge in [0.25, 0.3) is 0 Å². The van der Waals surface area contributed by atoms with Crippen molar-refractivity contribution in [2.45, 2.75) is 19.8 Å². The fraction of sp³-hybridized carbons (Fsp3) is 0.211. The first-order valence-corrected chi connectivity index (χ1v) is 7.54. The summed E-state index contributed by atoms with van der Waals surface area (Å²) in [6.45, 7) is 2.44. The summed E-state index contributed by atoms with van der Waals surface area (Å²) in [7, 11) is 0. The van der Waals surface area contributed by atoms with E-state index >= 15 is 0 Å². The molecule has 0 unspecified atom stereocenters. The molecule has 0 bridgehead atoms. The summed E-state index contributed by atoms with van der Waals surface area (Å²) < 4.78 is 10.4. The van der Waals surface area contributed by atoms with Crippen molar-refractivity contribution in [2.24, 2.45) is 0 Å². The summed E-state index contributed by atoms with van der Waals surface area (Å²) in [5.74, 6) is 0.532. The number of benzene rings is 3. The summed E-state index contributed by atoms with van der Waals surface area (Å²) in [6.07, 6.45) is 1.18. The monoisotopic (exact) mass is 294 g/mol. The Kier molecular flexibility index (Phi) is 4.24. The van der Waals surface area contributed by atoms with Gasteiger partial charge in [-0.15, -0.1) is 0 Å². The zero-order valence-corrected chi connectivity index (χ0v) is 12.5. The number of rotatable bonds is 4. The topological polar surface area (TPSA) is 35.5 Å². The number of fused-ring (bicyclic) bond motifs is 2. The van der Waals surface area contributed by atoms with Gasteiger partial charge in [-0.1, -0.05) is 49.7 Å². The van der Waals surface area contributed by atoms with Crippen molar-refractivity contribution in [3.05, 3.63) is 54.6 Å². The van der Waals surface area contributed by atoms with E-state index in [-0.39, 0.29) is 0 Å². The van der Waals surface area contributed by atoms with Gasteiger partial charge in [0.05, 0.1) is 6.61 Å². The fourth-order valence-electron chi connectivity index (χ4n) is 2.45. The molecule has 3 heteroatoms.